The maximum Gasteiger partial charge on any atom is 0.129 e. The van der Waals surface area contributed by atoms with Crippen molar-refractivity contribution in [3.63, 3.8) is 0 Å². The molecule has 0 aliphatic carbocycles. The van der Waals surface area contributed by atoms with E-state index < -0.39 is 0 Å². The fourth-order valence-electron chi connectivity index (χ4n) is 2.82. The third kappa shape index (κ3) is 4.29. The zero-order valence-electron chi connectivity index (χ0n) is 14.2. The van der Waals surface area contributed by atoms with E-state index in [1.165, 1.54) is 12.1 Å². The third-order valence-electron chi connectivity index (χ3n) is 4.30. The molecule has 1 aromatic carbocycles. The minimum atomic E-state index is -0.266. The molecule has 1 aliphatic rings. The van der Waals surface area contributed by atoms with Gasteiger partial charge in [-0.3, -0.25) is 5.32 Å². The van der Waals surface area contributed by atoms with Gasteiger partial charge < -0.3 is 4.90 Å². The second-order valence-corrected chi connectivity index (χ2v) is 6.43. The first-order chi connectivity index (χ1) is 12.6. The fraction of sp³-hybridized carbons (Fsp3) is 0.200. The van der Waals surface area contributed by atoms with E-state index in [1.54, 1.807) is 30.5 Å². The summed E-state index contributed by atoms with van der Waals surface area (Å²) in [6, 6.07) is 12.2. The number of halogens is 2. The van der Waals surface area contributed by atoms with Crippen LogP contribution in [0.5, 0.6) is 0 Å². The topological polar surface area (TPSA) is 52.0 Å². The summed E-state index contributed by atoms with van der Waals surface area (Å²) >= 11 is 5.82. The van der Waals surface area contributed by atoms with Crippen LogP contribution in [0, 0.1) is 17.1 Å². The number of hydrogen-bond acceptors (Lipinski definition) is 4. The fourth-order valence-corrected chi connectivity index (χ4v) is 2.93. The van der Waals surface area contributed by atoms with Gasteiger partial charge in [0.05, 0.1) is 17.8 Å². The molecule has 1 unspecified atom stereocenters. The molecule has 1 N–H and O–H groups in total. The number of rotatable bonds is 5. The molecule has 0 fully saturated rings. The lowest BCUT2D eigenvalue weighted by Gasteiger charge is -2.37. The molecule has 2 heterocycles. The smallest absolute Gasteiger partial charge is 0.129 e. The van der Waals surface area contributed by atoms with E-state index in [1.807, 2.05) is 25.3 Å². The van der Waals surface area contributed by atoms with Crippen LogP contribution in [-0.4, -0.2) is 16.0 Å². The van der Waals surface area contributed by atoms with Gasteiger partial charge in [0.2, 0.25) is 0 Å². The van der Waals surface area contributed by atoms with Crippen molar-refractivity contribution in [1.82, 2.24) is 15.2 Å². The van der Waals surface area contributed by atoms with E-state index in [0.29, 0.717) is 17.3 Å². The number of allylic oxidation sites excluding steroid dienone is 2. The second-order valence-electron chi connectivity index (χ2n) is 6.05. The molecule has 2 aromatic rings. The van der Waals surface area contributed by atoms with Crippen LogP contribution < -0.4 is 5.32 Å². The summed E-state index contributed by atoms with van der Waals surface area (Å²) < 4.78 is 13.2. The second kappa shape index (κ2) is 8.13. The number of hydrogen-bond donors (Lipinski definition) is 1. The third-order valence-corrected chi connectivity index (χ3v) is 4.52. The summed E-state index contributed by atoms with van der Waals surface area (Å²) in [6.07, 6.45) is 7.19. The molecule has 4 nitrogen and oxygen atoms in total. The maximum atomic E-state index is 13.2. The predicted octanol–water partition coefficient (Wildman–Crippen LogP) is 4.33. The van der Waals surface area contributed by atoms with E-state index in [9.17, 15) is 9.65 Å². The van der Waals surface area contributed by atoms with Crippen molar-refractivity contribution in [2.24, 2.45) is 0 Å². The van der Waals surface area contributed by atoms with Gasteiger partial charge in [0.25, 0.3) is 0 Å². The average molecular weight is 369 g/mol. The summed E-state index contributed by atoms with van der Waals surface area (Å²) in [5.41, 5.74) is 2.55. The van der Waals surface area contributed by atoms with Crippen molar-refractivity contribution in [1.29, 1.82) is 5.26 Å². The molecule has 1 aliphatic heterocycles. The van der Waals surface area contributed by atoms with Crippen LogP contribution in [0.3, 0.4) is 0 Å². The van der Waals surface area contributed by atoms with Gasteiger partial charge in [0, 0.05) is 18.9 Å². The Morgan fingerprint density at radius 3 is 2.73 bits per heavy atom. The first-order valence-corrected chi connectivity index (χ1v) is 8.61. The number of aromatic nitrogens is 1. The summed E-state index contributed by atoms with van der Waals surface area (Å²) in [5.74, 6) is -0.266. The van der Waals surface area contributed by atoms with Gasteiger partial charge in [-0.2, -0.15) is 5.26 Å². The van der Waals surface area contributed by atoms with E-state index in [4.69, 9.17) is 11.6 Å². The van der Waals surface area contributed by atoms with E-state index in [2.05, 4.69) is 21.3 Å². The van der Waals surface area contributed by atoms with Gasteiger partial charge >= 0.3 is 0 Å². The first-order valence-electron chi connectivity index (χ1n) is 8.23. The van der Waals surface area contributed by atoms with Gasteiger partial charge in [-0.05, 0) is 48.4 Å². The number of nitrogens with zero attached hydrogens (tertiary/aromatic N) is 3. The molecule has 0 bridgehead atoms. The number of nitriles is 1. The highest BCUT2D eigenvalue weighted by atomic mass is 35.5. The van der Waals surface area contributed by atoms with Crippen molar-refractivity contribution in [2.75, 3.05) is 0 Å². The number of pyridine rings is 1. The Kier molecular flexibility index (Phi) is 5.67. The Morgan fingerprint density at radius 1 is 1.31 bits per heavy atom. The largest absolute Gasteiger partial charge is 0.351 e. The predicted molar refractivity (Wildman–Crippen MR) is 99.4 cm³/mol. The zero-order valence-corrected chi connectivity index (χ0v) is 15.0. The van der Waals surface area contributed by atoms with Gasteiger partial charge in [-0.15, -0.1) is 0 Å². The molecule has 0 amide bonds. The molecule has 132 valence electrons. The van der Waals surface area contributed by atoms with Crippen LogP contribution in [0.25, 0.3) is 0 Å². The molecule has 6 heteroatoms. The molecule has 26 heavy (non-hydrogen) atoms. The quantitative estimate of drug-likeness (QED) is 0.798. The lowest BCUT2D eigenvalue weighted by atomic mass is 10.0. The van der Waals surface area contributed by atoms with E-state index >= 15 is 0 Å². The lowest BCUT2D eigenvalue weighted by molar-refractivity contribution is 0.214. The molecular formula is C20H18ClFN4. The summed E-state index contributed by atoms with van der Waals surface area (Å²) in [5, 5.41) is 13.1. The Morgan fingerprint density at radius 2 is 2.08 bits per heavy atom. The standard InChI is InChI=1S/C20H18ClFN4/c1-14(17-4-6-18(22)7-5-17)26-13-15(10-23)3-9-20(26)25-12-16-2-8-19(21)24-11-16/h2-9,11,13-14,20,25H,12H2,1H3/t14-,20?/m0/s1. The minimum absolute atomic E-state index is 0.0373. The van der Waals surface area contributed by atoms with Crippen LogP contribution in [0.15, 0.2) is 66.5 Å². The molecule has 0 radical (unpaired) electrons. The lowest BCUT2D eigenvalue weighted by Crippen LogP contribution is -2.43. The van der Waals surface area contributed by atoms with Crippen LogP contribution in [-0.2, 0) is 6.54 Å². The van der Waals surface area contributed by atoms with Crippen molar-refractivity contribution < 1.29 is 4.39 Å². The van der Waals surface area contributed by atoms with Gasteiger partial charge in [0.1, 0.15) is 17.0 Å². The molecule has 0 saturated carbocycles. The molecular weight excluding hydrogens is 351 g/mol. The van der Waals surface area contributed by atoms with Crippen molar-refractivity contribution in [3.8, 4) is 6.07 Å². The van der Waals surface area contributed by atoms with E-state index in [-0.39, 0.29) is 18.0 Å². The van der Waals surface area contributed by atoms with Crippen LogP contribution in [0.4, 0.5) is 4.39 Å². The molecule has 3 rings (SSSR count). The Balaban J connectivity index is 1.77. The number of benzene rings is 1. The molecule has 0 saturated heterocycles. The summed E-state index contributed by atoms with van der Waals surface area (Å²) in [6.45, 7) is 2.62. The highest BCUT2D eigenvalue weighted by molar-refractivity contribution is 6.29. The van der Waals surface area contributed by atoms with Crippen LogP contribution in [0.1, 0.15) is 24.1 Å². The average Bonchev–Trinajstić information content (AvgIpc) is 2.67. The van der Waals surface area contributed by atoms with Crippen molar-refractivity contribution in [3.05, 3.63) is 88.6 Å². The normalized spacial score (nSPS) is 17.5. The molecule has 0 spiro atoms. The van der Waals surface area contributed by atoms with Crippen LogP contribution >= 0.6 is 11.6 Å². The summed E-state index contributed by atoms with van der Waals surface area (Å²) in [4.78, 5) is 6.13. The van der Waals surface area contributed by atoms with Gasteiger partial charge in [-0.1, -0.05) is 29.8 Å². The highest BCUT2D eigenvalue weighted by Gasteiger charge is 2.23. The highest BCUT2D eigenvalue weighted by Crippen LogP contribution is 2.26. The molecule has 1 aromatic heterocycles. The van der Waals surface area contributed by atoms with Gasteiger partial charge in [-0.25, -0.2) is 9.37 Å². The van der Waals surface area contributed by atoms with Crippen molar-refractivity contribution in [2.45, 2.75) is 25.7 Å². The summed E-state index contributed by atoms with van der Waals surface area (Å²) in [7, 11) is 0. The zero-order chi connectivity index (χ0) is 18.5. The minimum Gasteiger partial charge on any atom is -0.351 e. The Hall–Kier alpha value is -2.68. The Labute approximate surface area is 157 Å². The first kappa shape index (κ1) is 18.1. The maximum absolute atomic E-state index is 13.2. The SMILES string of the molecule is C[C@@H](c1ccc(F)cc1)N1C=C(C#N)C=CC1NCc1ccc(Cl)nc1. The number of nitrogens with one attached hydrogen (secondary N) is 1. The van der Waals surface area contributed by atoms with Gasteiger partial charge in [0.15, 0.2) is 0 Å². The molecule has 2 atom stereocenters. The van der Waals surface area contributed by atoms with Crippen LogP contribution in [0.2, 0.25) is 5.15 Å². The monoisotopic (exact) mass is 368 g/mol. The van der Waals surface area contributed by atoms with E-state index in [0.717, 1.165) is 11.1 Å². The Bertz CT molecular complexity index is 853. The van der Waals surface area contributed by atoms with Crippen molar-refractivity contribution >= 4 is 11.6 Å².